The lowest BCUT2D eigenvalue weighted by Crippen LogP contribution is -2.36. The summed E-state index contributed by atoms with van der Waals surface area (Å²) in [5, 5.41) is 21.4. The average Bonchev–Trinajstić information content (AvgIpc) is 3.04. The van der Waals surface area contributed by atoms with Crippen molar-refractivity contribution in [1.82, 2.24) is 4.98 Å². The lowest BCUT2D eigenvalue weighted by atomic mass is 9.79. The molecular formula is C18H16FN3O3S. The number of rotatable bonds is 4. The van der Waals surface area contributed by atoms with E-state index in [1.165, 1.54) is 18.2 Å². The Bertz CT molecular complexity index is 890. The average molecular weight is 373 g/mol. The Kier molecular flexibility index (Phi) is 5.28. The van der Waals surface area contributed by atoms with E-state index in [0.717, 1.165) is 24.2 Å². The number of carbonyl (C=O) groups is 2. The van der Waals surface area contributed by atoms with Crippen LogP contribution in [-0.4, -0.2) is 22.0 Å². The Hall–Kier alpha value is -2.79. The third-order valence-electron chi connectivity index (χ3n) is 4.51. The summed E-state index contributed by atoms with van der Waals surface area (Å²) in [4.78, 5) is 28.3. The molecule has 6 nitrogen and oxygen atoms in total. The number of nitriles is 1. The number of hydrogen-bond donors (Lipinski definition) is 2. The van der Waals surface area contributed by atoms with E-state index in [1.54, 1.807) is 6.07 Å². The van der Waals surface area contributed by atoms with Gasteiger partial charge in [-0.3, -0.25) is 9.59 Å². The van der Waals surface area contributed by atoms with Crippen LogP contribution in [0.5, 0.6) is 0 Å². The van der Waals surface area contributed by atoms with Crippen LogP contribution in [0.2, 0.25) is 0 Å². The highest BCUT2D eigenvalue weighted by atomic mass is 32.1. The van der Waals surface area contributed by atoms with Crippen molar-refractivity contribution in [3.8, 4) is 17.3 Å². The monoisotopic (exact) mass is 373 g/mol. The van der Waals surface area contributed by atoms with Crippen molar-refractivity contribution in [2.75, 3.05) is 5.32 Å². The summed E-state index contributed by atoms with van der Waals surface area (Å²) in [5.41, 5.74) is 0.353. The zero-order valence-electron chi connectivity index (χ0n) is 13.7. The van der Waals surface area contributed by atoms with E-state index >= 15 is 0 Å². The first-order chi connectivity index (χ1) is 12.5. The predicted octanol–water partition coefficient (Wildman–Crippen LogP) is 3.65. The number of nitrogens with zero attached hydrogens (tertiary/aromatic N) is 2. The lowest BCUT2D eigenvalue weighted by Gasteiger charge is -2.26. The van der Waals surface area contributed by atoms with Crippen LogP contribution >= 0.6 is 11.3 Å². The van der Waals surface area contributed by atoms with Gasteiger partial charge in [0.1, 0.15) is 22.5 Å². The molecule has 1 fully saturated rings. The van der Waals surface area contributed by atoms with Crippen LogP contribution in [-0.2, 0) is 9.59 Å². The van der Waals surface area contributed by atoms with E-state index in [-0.39, 0.29) is 21.3 Å². The molecular weight excluding hydrogens is 357 g/mol. The Labute approximate surface area is 153 Å². The predicted molar refractivity (Wildman–Crippen MR) is 93.9 cm³/mol. The maximum atomic E-state index is 14.0. The largest absolute Gasteiger partial charge is 0.481 e. The van der Waals surface area contributed by atoms with Crippen molar-refractivity contribution in [1.29, 1.82) is 5.26 Å². The van der Waals surface area contributed by atoms with E-state index in [9.17, 15) is 24.3 Å². The molecule has 0 bridgehead atoms. The second-order valence-corrected chi connectivity index (χ2v) is 7.11. The summed E-state index contributed by atoms with van der Waals surface area (Å²) < 4.78 is 14.0. The summed E-state index contributed by atoms with van der Waals surface area (Å²) in [5.74, 6) is -3.26. The minimum atomic E-state index is -0.978. The number of thiazole rings is 1. The van der Waals surface area contributed by atoms with Crippen molar-refractivity contribution >= 4 is 28.3 Å². The second kappa shape index (κ2) is 7.62. The molecule has 2 N–H and O–H groups in total. The molecule has 0 unspecified atom stereocenters. The number of carboxylic acids is 1. The maximum Gasteiger partial charge on any atom is 0.307 e. The van der Waals surface area contributed by atoms with Gasteiger partial charge in [-0.05, 0) is 25.0 Å². The Morgan fingerprint density at radius 1 is 1.27 bits per heavy atom. The molecule has 2 atom stereocenters. The summed E-state index contributed by atoms with van der Waals surface area (Å²) in [6, 6.07) is 7.92. The van der Waals surface area contributed by atoms with Crippen LogP contribution in [0.3, 0.4) is 0 Å². The molecule has 0 saturated heterocycles. The molecule has 2 aromatic rings. The lowest BCUT2D eigenvalue weighted by molar-refractivity contribution is -0.147. The van der Waals surface area contributed by atoms with Gasteiger partial charge in [-0.2, -0.15) is 5.26 Å². The van der Waals surface area contributed by atoms with Crippen LogP contribution in [0, 0.1) is 29.0 Å². The molecule has 1 aromatic heterocycles. The number of carboxylic acid groups (broad SMARTS) is 1. The molecule has 1 saturated carbocycles. The molecule has 1 aromatic carbocycles. The van der Waals surface area contributed by atoms with E-state index in [0.29, 0.717) is 12.8 Å². The van der Waals surface area contributed by atoms with Crippen molar-refractivity contribution in [2.24, 2.45) is 11.8 Å². The zero-order valence-corrected chi connectivity index (χ0v) is 14.6. The van der Waals surface area contributed by atoms with Crippen LogP contribution < -0.4 is 5.32 Å². The number of aromatic nitrogens is 1. The van der Waals surface area contributed by atoms with Gasteiger partial charge in [0.25, 0.3) is 0 Å². The Morgan fingerprint density at radius 3 is 2.62 bits per heavy atom. The molecule has 1 heterocycles. The van der Waals surface area contributed by atoms with E-state index < -0.39 is 29.5 Å². The van der Waals surface area contributed by atoms with Crippen molar-refractivity contribution in [3.63, 3.8) is 0 Å². The highest BCUT2D eigenvalue weighted by molar-refractivity contribution is 7.16. The first kappa shape index (κ1) is 18.0. The molecule has 1 amide bonds. The number of anilines is 1. The zero-order chi connectivity index (χ0) is 18.7. The van der Waals surface area contributed by atoms with E-state index in [1.807, 2.05) is 6.07 Å². The number of amides is 1. The van der Waals surface area contributed by atoms with Crippen molar-refractivity contribution in [2.45, 2.75) is 25.7 Å². The molecule has 3 rings (SSSR count). The van der Waals surface area contributed by atoms with Gasteiger partial charge in [0.05, 0.1) is 11.8 Å². The highest BCUT2D eigenvalue weighted by Gasteiger charge is 2.36. The van der Waals surface area contributed by atoms with Gasteiger partial charge in [0.2, 0.25) is 5.91 Å². The number of nitrogens with one attached hydrogen (secondary N) is 1. The van der Waals surface area contributed by atoms with Gasteiger partial charge in [0, 0.05) is 5.56 Å². The molecule has 8 heteroatoms. The van der Waals surface area contributed by atoms with Crippen LogP contribution in [0.25, 0.3) is 11.3 Å². The quantitative estimate of drug-likeness (QED) is 0.851. The Morgan fingerprint density at radius 2 is 1.96 bits per heavy atom. The fourth-order valence-corrected chi connectivity index (χ4v) is 4.00. The summed E-state index contributed by atoms with van der Waals surface area (Å²) in [6.45, 7) is 0. The fraction of sp³-hybridized carbons (Fsp3) is 0.333. The van der Waals surface area contributed by atoms with Gasteiger partial charge < -0.3 is 10.4 Å². The SMILES string of the molecule is N#Cc1sc(NC(=O)[C@@H]2CCCC[C@H]2C(=O)O)nc1-c1ccccc1F. The van der Waals surface area contributed by atoms with Crippen LogP contribution in [0.1, 0.15) is 30.6 Å². The third-order valence-corrected chi connectivity index (χ3v) is 5.38. The second-order valence-electron chi connectivity index (χ2n) is 6.11. The molecule has 0 spiro atoms. The number of halogens is 1. The van der Waals surface area contributed by atoms with Gasteiger partial charge in [-0.1, -0.05) is 36.3 Å². The number of benzene rings is 1. The molecule has 1 aliphatic rings. The van der Waals surface area contributed by atoms with Gasteiger partial charge in [-0.25, -0.2) is 9.37 Å². The fourth-order valence-electron chi connectivity index (χ4n) is 3.22. The van der Waals surface area contributed by atoms with Gasteiger partial charge in [-0.15, -0.1) is 0 Å². The van der Waals surface area contributed by atoms with Crippen LogP contribution in [0.4, 0.5) is 9.52 Å². The minimum absolute atomic E-state index is 0.166. The highest BCUT2D eigenvalue weighted by Crippen LogP contribution is 2.34. The summed E-state index contributed by atoms with van der Waals surface area (Å²) in [7, 11) is 0. The molecule has 26 heavy (non-hydrogen) atoms. The first-order valence-electron chi connectivity index (χ1n) is 8.20. The molecule has 0 radical (unpaired) electrons. The minimum Gasteiger partial charge on any atom is -0.481 e. The van der Waals surface area contributed by atoms with Crippen molar-refractivity contribution < 1.29 is 19.1 Å². The van der Waals surface area contributed by atoms with Crippen molar-refractivity contribution in [3.05, 3.63) is 35.0 Å². The van der Waals surface area contributed by atoms with E-state index in [2.05, 4.69) is 10.3 Å². The normalized spacial score (nSPS) is 19.5. The Balaban J connectivity index is 1.85. The van der Waals surface area contributed by atoms with Crippen LogP contribution in [0.15, 0.2) is 24.3 Å². The summed E-state index contributed by atoms with van der Waals surface area (Å²) >= 11 is 0.947. The topological polar surface area (TPSA) is 103 Å². The standard InChI is InChI=1S/C18H16FN3O3S/c19-13-8-4-3-7-12(13)15-14(9-20)26-18(21-15)22-16(23)10-5-1-2-6-11(10)17(24)25/h3-4,7-8,10-11H,1-2,5-6H2,(H,24,25)(H,21,22,23)/t10-,11-/m1/s1. The summed E-state index contributed by atoms with van der Waals surface area (Å²) in [6.07, 6.45) is 2.55. The number of aliphatic carboxylic acids is 1. The molecule has 134 valence electrons. The van der Waals surface area contributed by atoms with Gasteiger partial charge >= 0.3 is 5.97 Å². The smallest absolute Gasteiger partial charge is 0.307 e. The molecule has 0 aliphatic heterocycles. The number of carbonyl (C=O) groups excluding carboxylic acids is 1. The number of hydrogen-bond acceptors (Lipinski definition) is 5. The first-order valence-corrected chi connectivity index (χ1v) is 9.02. The third kappa shape index (κ3) is 3.58. The maximum absolute atomic E-state index is 14.0. The molecule has 1 aliphatic carbocycles. The van der Waals surface area contributed by atoms with Gasteiger partial charge in [0.15, 0.2) is 5.13 Å². The van der Waals surface area contributed by atoms with E-state index in [4.69, 9.17) is 0 Å².